The van der Waals surface area contributed by atoms with Gasteiger partial charge in [0.2, 0.25) is 5.91 Å². The molecule has 3 fully saturated rings. The molecule has 32 heavy (non-hydrogen) atoms. The molecule has 2 aromatic rings. The maximum atomic E-state index is 13.5. The zero-order valence-electron chi connectivity index (χ0n) is 19.2. The van der Waals surface area contributed by atoms with Gasteiger partial charge in [-0.1, -0.05) is 18.1 Å². The monoisotopic (exact) mass is 433 g/mol. The number of carbonyl (C=O) groups is 1. The molecular weight excluding hydrogens is 398 g/mol. The SMILES string of the molecule is COc1ccc2c(ccn2CCC(=O)N2CCCC3=CC4CC(CN5CCCC[C@H]45)[C@@H]32)c1. The van der Waals surface area contributed by atoms with E-state index in [-0.39, 0.29) is 0 Å². The number of hydrogen-bond donors (Lipinski definition) is 0. The van der Waals surface area contributed by atoms with Crippen molar-refractivity contribution in [1.82, 2.24) is 14.4 Å². The summed E-state index contributed by atoms with van der Waals surface area (Å²) >= 11 is 0. The van der Waals surface area contributed by atoms with Gasteiger partial charge in [-0.2, -0.15) is 0 Å². The van der Waals surface area contributed by atoms with Crippen LogP contribution < -0.4 is 4.74 Å². The van der Waals surface area contributed by atoms with Crippen LogP contribution in [-0.4, -0.2) is 59.1 Å². The number of piperidine rings is 3. The first-order valence-corrected chi connectivity index (χ1v) is 12.6. The number of aryl methyl sites for hydroxylation is 1. The van der Waals surface area contributed by atoms with Crippen molar-refractivity contribution in [3.05, 3.63) is 42.1 Å². The average molecular weight is 434 g/mol. The summed E-state index contributed by atoms with van der Waals surface area (Å²) in [5.74, 6) is 2.55. The standard InChI is InChI=1S/C27H35N3O2/c1-32-23-7-8-25-19(17-23)9-13-28(25)14-10-26(31)30-12-4-5-20-15-21-16-22(27(20)30)18-29-11-3-2-6-24(21)29/h7-9,13,15,17,21-22,24,27H,2-6,10-12,14,16,18H2,1H3/t21?,22?,24-,27-/m1/s1. The Hall–Kier alpha value is -2.27. The molecule has 2 bridgehead atoms. The van der Waals surface area contributed by atoms with Crippen molar-refractivity contribution < 1.29 is 9.53 Å². The second kappa shape index (κ2) is 8.26. The minimum atomic E-state index is 0.329. The van der Waals surface area contributed by atoms with Gasteiger partial charge in [-0.05, 0) is 74.8 Å². The predicted molar refractivity (Wildman–Crippen MR) is 127 cm³/mol. The molecule has 4 heterocycles. The van der Waals surface area contributed by atoms with Crippen LogP contribution in [0, 0.1) is 11.8 Å². The van der Waals surface area contributed by atoms with Crippen LogP contribution in [0.25, 0.3) is 10.9 Å². The number of hydrogen-bond acceptors (Lipinski definition) is 3. The van der Waals surface area contributed by atoms with E-state index >= 15 is 0 Å². The first-order valence-electron chi connectivity index (χ1n) is 12.6. The first kappa shape index (κ1) is 20.3. The molecule has 0 saturated carbocycles. The molecule has 4 atom stereocenters. The minimum absolute atomic E-state index is 0.329. The Balaban J connectivity index is 1.18. The lowest BCUT2D eigenvalue weighted by Crippen LogP contribution is -2.60. The molecule has 6 rings (SSSR count). The Bertz CT molecular complexity index is 1040. The summed E-state index contributed by atoms with van der Waals surface area (Å²) in [7, 11) is 1.70. The third-order valence-corrected chi connectivity index (χ3v) is 8.52. The highest BCUT2D eigenvalue weighted by molar-refractivity contribution is 5.82. The maximum absolute atomic E-state index is 13.5. The van der Waals surface area contributed by atoms with Gasteiger partial charge in [0.25, 0.3) is 0 Å². The number of benzene rings is 1. The lowest BCUT2D eigenvalue weighted by molar-refractivity contribution is -0.136. The minimum Gasteiger partial charge on any atom is -0.497 e. The normalized spacial score (nSPS) is 29.9. The smallest absolute Gasteiger partial charge is 0.224 e. The molecule has 1 aromatic carbocycles. The zero-order chi connectivity index (χ0) is 21.7. The number of methoxy groups -OCH3 is 1. The van der Waals surface area contributed by atoms with Crippen molar-refractivity contribution in [2.45, 2.75) is 63.6 Å². The molecule has 1 aromatic heterocycles. The van der Waals surface area contributed by atoms with Gasteiger partial charge in [-0.15, -0.1) is 0 Å². The summed E-state index contributed by atoms with van der Waals surface area (Å²) in [4.78, 5) is 18.5. The van der Waals surface area contributed by atoms with Crippen molar-refractivity contribution in [2.75, 3.05) is 26.7 Å². The Morgan fingerprint density at radius 1 is 1.16 bits per heavy atom. The fourth-order valence-corrected chi connectivity index (χ4v) is 7.11. The van der Waals surface area contributed by atoms with Crippen molar-refractivity contribution in [3.8, 4) is 5.75 Å². The van der Waals surface area contributed by atoms with E-state index in [9.17, 15) is 4.79 Å². The summed E-state index contributed by atoms with van der Waals surface area (Å²) in [6.45, 7) is 4.11. The van der Waals surface area contributed by atoms with E-state index in [4.69, 9.17) is 4.74 Å². The van der Waals surface area contributed by atoms with Crippen LogP contribution in [-0.2, 0) is 11.3 Å². The fraction of sp³-hybridized carbons (Fsp3) is 0.593. The van der Waals surface area contributed by atoms with Crippen LogP contribution in [0.3, 0.4) is 0 Å². The molecule has 3 aliphatic heterocycles. The number of fused-ring (bicyclic) bond motifs is 7. The van der Waals surface area contributed by atoms with Gasteiger partial charge in [0.05, 0.1) is 13.2 Å². The van der Waals surface area contributed by atoms with E-state index in [1.807, 2.05) is 6.07 Å². The summed E-state index contributed by atoms with van der Waals surface area (Å²) in [6, 6.07) is 9.38. The number of aromatic nitrogens is 1. The van der Waals surface area contributed by atoms with Crippen LogP contribution in [0.15, 0.2) is 42.1 Å². The van der Waals surface area contributed by atoms with Crippen molar-refractivity contribution in [2.24, 2.45) is 11.8 Å². The molecule has 1 aliphatic carbocycles. The number of ether oxygens (including phenoxy) is 1. The summed E-state index contributed by atoms with van der Waals surface area (Å²) in [5.41, 5.74) is 2.75. The van der Waals surface area contributed by atoms with E-state index in [0.717, 1.165) is 42.6 Å². The van der Waals surface area contributed by atoms with Crippen molar-refractivity contribution in [3.63, 3.8) is 0 Å². The zero-order valence-corrected chi connectivity index (χ0v) is 19.2. The third-order valence-electron chi connectivity index (χ3n) is 8.52. The Morgan fingerprint density at radius 3 is 3.00 bits per heavy atom. The molecule has 2 unspecified atom stereocenters. The number of carbonyl (C=O) groups excluding carboxylic acids is 1. The van der Waals surface area contributed by atoms with Gasteiger partial charge < -0.3 is 14.2 Å². The largest absolute Gasteiger partial charge is 0.497 e. The highest BCUT2D eigenvalue weighted by atomic mass is 16.5. The molecule has 5 heteroatoms. The number of amides is 1. The quantitative estimate of drug-likeness (QED) is 0.668. The molecule has 0 spiro atoms. The second-order valence-electron chi connectivity index (χ2n) is 10.3. The maximum Gasteiger partial charge on any atom is 0.224 e. The van der Waals surface area contributed by atoms with Crippen molar-refractivity contribution in [1.29, 1.82) is 0 Å². The molecule has 5 nitrogen and oxygen atoms in total. The van der Waals surface area contributed by atoms with E-state index in [2.05, 4.69) is 44.8 Å². The number of nitrogens with zero attached hydrogens (tertiary/aromatic N) is 3. The van der Waals surface area contributed by atoms with E-state index < -0.39 is 0 Å². The summed E-state index contributed by atoms with van der Waals surface area (Å²) < 4.78 is 7.56. The summed E-state index contributed by atoms with van der Waals surface area (Å²) in [6.07, 6.45) is 13.0. The highest BCUT2D eigenvalue weighted by Gasteiger charge is 2.46. The van der Waals surface area contributed by atoms with Gasteiger partial charge in [-0.3, -0.25) is 9.69 Å². The van der Waals surface area contributed by atoms with Crippen molar-refractivity contribution >= 4 is 16.8 Å². The topological polar surface area (TPSA) is 37.7 Å². The molecule has 0 radical (unpaired) electrons. The highest BCUT2D eigenvalue weighted by Crippen LogP contribution is 2.45. The predicted octanol–water partition coefficient (Wildman–Crippen LogP) is 4.46. The Morgan fingerprint density at radius 2 is 2.09 bits per heavy atom. The van der Waals surface area contributed by atoms with Gasteiger partial charge in [0.15, 0.2) is 0 Å². The van der Waals surface area contributed by atoms with Crippen LogP contribution >= 0.6 is 0 Å². The molecule has 0 N–H and O–H groups in total. The lowest BCUT2D eigenvalue weighted by Gasteiger charge is -2.54. The van der Waals surface area contributed by atoms with Gasteiger partial charge in [0.1, 0.15) is 5.75 Å². The Labute approximate surface area is 191 Å². The van der Waals surface area contributed by atoms with Gasteiger partial charge in [-0.25, -0.2) is 0 Å². The first-order chi connectivity index (χ1) is 15.7. The van der Waals surface area contributed by atoms with E-state index in [1.165, 1.54) is 50.7 Å². The molecule has 4 aliphatic rings. The average Bonchev–Trinajstić information content (AvgIpc) is 3.24. The molecular formula is C27H35N3O2. The van der Waals surface area contributed by atoms with Crippen LogP contribution in [0.1, 0.15) is 44.9 Å². The van der Waals surface area contributed by atoms with Gasteiger partial charge in [0, 0.05) is 49.2 Å². The molecule has 170 valence electrons. The third kappa shape index (κ3) is 3.45. The lowest BCUT2D eigenvalue weighted by atomic mass is 9.68. The van der Waals surface area contributed by atoms with Crippen LogP contribution in [0.5, 0.6) is 5.75 Å². The summed E-state index contributed by atoms with van der Waals surface area (Å²) in [5, 5.41) is 1.16. The fourth-order valence-electron chi connectivity index (χ4n) is 7.11. The van der Waals surface area contributed by atoms with Gasteiger partial charge >= 0.3 is 0 Å². The second-order valence-corrected chi connectivity index (χ2v) is 10.3. The Kier molecular flexibility index (Phi) is 5.25. The van der Waals surface area contributed by atoms with Crippen LogP contribution in [0.2, 0.25) is 0 Å². The number of rotatable bonds is 4. The number of likely N-dealkylation sites (tertiary alicyclic amines) is 1. The van der Waals surface area contributed by atoms with Crippen LogP contribution in [0.4, 0.5) is 0 Å². The van der Waals surface area contributed by atoms with E-state index in [1.54, 1.807) is 12.7 Å². The molecule has 3 saturated heterocycles. The molecule has 1 amide bonds. The van der Waals surface area contributed by atoms with E-state index in [0.29, 0.717) is 24.3 Å².